The Morgan fingerprint density at radius 1 is 1.03 bits per heavy atom. The van der Waals surface area contributed by atoms with Crippen molar-refractivity contribution < 1.29 is 24.3 Å². The van der Waals surface area contributed by atoms with E-state index >= 15 is 0 Å². The van der Waals surface area contributed by atoms with Crippen LogP contribution in [0.1, 0.15) is 33.1 Å². The highest BCUT2D eigenvalue weighted by Gasteiger charge is 2.27. The zero-order chi connectivity index (χ0) is 23.3. The summed E-state index contributed by atoms with van der Waals surface area (Å²) < 4.78 is 0. The Labute approximate surface area is 181 Å². The van der Waals surface area contributed by atoms with Gasteiger partial charge < -0.3 is 38.3 Å². The molecule has 10 N–H and O–H groups in total. The molecule has 0 spiro atoms. The fraction of sp³-hybridized carbons (Fsp3) is 0.706. The third-order valence-corrected chi connectivity index (χ3v) is 4.23. The van der Waals surface area contributed by atoms with Crippen LogP contribution in [-0.4, -0.2) is 71.7 Å². The molecule has 12 nitrogen and oxygen atoms in total. The van der Waals surface area contributed by atoms with E-state index in [9.17, 15) is 19.2 Å². The minimum atomic E-state index is -1.23. The van der Waals surface area contributed by atoms with Gasteiger partial charge in [0, 0.05) is 12.3 Å². The predicted octanol–water partition coefficient (Wildman–Crippen LogP) is -2.49. The van der Waals surface area contributed by atoms with Gasteiger partial charge in [-0.15, -0.1) is 0 Å². The fourth-order valence-electron chi connectivity index (χ4n) is 2.42. The van der Waals surface area contributed by atoms with E-state index in [0.29, 0.717) is 12.8 Å². The van der Waals surface area contributed by atoms with E-state index in [1.54, 1.807) is 0 Å². The summed E-state index contributed by atoms with van der Waals surface area (Å²) in [6.45, 7) is 3.48. The van der Waals surface area contributed by atoms with Crippen molar-refractivity contribution in [2.24, 2.45) is 28.1 Å². The molecule has 0 bridgehead atoms. The Morgan fingerprint density at radius 3 is 2.13 bits per heavy atom. The van der Waals surface area contributed by atoms with Crippen LogP contribution < -0.4 is 33.2 Å². The Kier molecular flexibility index (Phi) is 13.2. The molecule has 0 aliphatic heterocycles. The Morgan fingerprint density at radius 2 is 1.63 bits per heavy atom. The van der Waals surface area contributed by atoms with E-state index in [1.165, 1.54) is 0 Å². The van der Waals surface area contributed by atoms with Gasteiger partial charge in [-0.1, -0.05) is 13.8 Å². The van der Waals surface area contributed by atoms with Crippen molar-refractivity contribution >= 4 is 42.3 Å². The van der Waals surface area contributed by atoms with Gasteiger partial charge in [0.25, 0.3) is 0 Å². The maximum Gasteiger partial charge on any atom is 0.322 e. The lowest BCUT2D eigenvalue weighted by Crippen LogP contribution is -2.56. The Bertz CT molecular complexity index is 626. The topological polar surface area (TPSA) is 215 Å². The van der Waals surface area contributed by atoms with Crippen LogP contribution in [0.3, 0.4) is 0 Å². The van der Waals surface area contributed by atoms with Crippen molar-refractivity contribution in [3.63, 3.8) is 0 Å². The molecule has 3 amide bonds. The second-order valence-electron chi connectivity index (χ2n) is 7.10. The summed E-state index contributed by atoms with van der Waals surface area (Å²) in [5.74, 6) is -3.04. The number of nitrogens with two attached hydrogens (primary N) is 3. The molecule has 0 aromatic rings. The van der Waals surface area contributed by atoms with Crippen LogP contribution in [0.5, 0.6) is 0 Å². The van der Waals surface area contributed by atoms with Crippen LogP contribution in [-0.2, 0) is 19.2 Å². The molecule has 0 fully saturated rings. The van der Waals surface area contributed by atoms with Crippen LogP contribution in [0.15, 0.2) is 4.99 Å². The molecule has 3 unspecified atom stereocenters. The van der Waals surface area contributed by atoms with Gasteiger partial charge in [0.2, 0.25) is 17.7 Å². The van der Waals surface area contributed by atoms with Crippen molar-refractivity contribution in [3.8, 4) is 0 Å². The van der Waals surface area contributed by atoms with Gasteiger partial charge in [-0.05, 0) is 25.2 Å². The van der Waals surface area contributed by atoms with Crippen molar-refractivity contribution in [3.05, 3.63) is 0 Å². The molecule has 0 saturated heterocycles. The number of guanidine groups is 1. The number of carbonyl (C=O) groups is 4. The van der Waals surface area contributed by atoms with E-state index in [2.05, 4.69) is 33.6 Å². The number of carbonyl (C=O) groups excluding carboxylic acids is 3. The van der Waals surface area contributed by atoms with Crippen molar-refractivity contribution in [2.75, 3.05) is 18.8 Å². The molecular formula is C17H33N7O5S. The monoisotopic (exact) mass is 447 g/mol. The minimum absolute atomic E-state index is 0.0707. The van der Waals surface area contributed by atoms with Crippen LogP contribution in [0.2, 0.25) is 0 Å². The number of amides is 3. The molecule has 13 heteroatoms. The molecule has 0 radical (unpaired) electrons. The van der Waals surface area contributed by atoms with Gasteiger partial charge in [-0.2, -0.15) is 12.6 Å². The van der Waals surface area contributed by atoms with E-state index in [4.69, 9.17) is 22.3 Å². The summed E-state index contributed by atoms with van der Waals surface area (Å²) in [6.07, 6.45) is 1.01. The van der Waals surface area contributed by atoms with Crippen LogP contribution in [0, 0.1) is 5.92 Å². The van der Waals surface area contributed by atoms with E-state index < -0.39 is 48.4 Å². The molecule has 0 heterocycles. The second-order valence-corrected chi connectivity index (χ2v) is 7.47. The van der Waals surface area contributed by atoms with Gasteiger partial charge in [0.1, 0.15) is 18.6 Å². The van der Waals surface area contributed by atoms with Crippen molar-refractivity contribution in [1.29, 1.82) is 0 Å². The highest BCUT2D eigenvalue weighted by Crippen LogP contribution is 2.05. The lowest BCUT2D eigenvalue weighted by molar-refractivity contribution is -0.138. The predicted molar refractivity (Wildman–Crippen MR) is 116 cm³/mol. The zero-order valence-electron chi connectivity index (χ0n) is 17.3. The molecule has 30 heavy (non-hydrogen) atoms. The molecule has 0 aromatic heterocycles. The van der Waals surface area contributed by atoms with Gasteiger partial charge in [0.05, 0.1) is 6.04 Å². The number of carboxylic acid groups (broad SMARTS) is 1. The number of rotatable bonds is 14. The summed E-state index contributed by atoms with van der Waals surface area (Å²) in [5.41, 5.74) is 16.4. The van der Waals surface area contributed by atoms with Gasteiger partial charge >= 0.3 is 5.97 Å². The second kappa shape index (κ2) is 14.4. The number of thiol groups is 1. The molecule has 3 atom stereocenters. The van der Waals surface area contributed by atoms with Crippen LogP contribution in [0.25, 0.3) is 0 Å². The van der Waals surface area contributed by atoms with Gasteiger partial charge in [-0.3, -0.25) is 24.2 Å². The molecule has 0 aliphatic carbocycles. The molecule has 172 valence electrons. The number of nitrogens with one attached hydrogen (secondary N) is 3. The maximum atomic E-state index is 12.7. The number of carboxylic acids is 1. The quantitative estimate of drug-likeness (QED) is 0.0615. The smallest absolute Gasteiger partial charge is 0.322 e. The first-order valence-electron chi connectivity index (χ1n) is 9.50. The average Bonchev–Trinajstić information content (AvgIpc) is 2.65. The number of aliphatic imine (C=N–C) groups is 1. The number of aliphatic carboxylic acids is 1. The lowest BCUT2D eigenvalue weighted by Gasteiger charge is -2.23. The van der Waals surface area contributed by atoms with E-state index in [-0.39, 0.29) is 30.6 Å². The van der Waals surface area contributed by atoms with Crippen molar-refractivity contribution in [2.45, 2.75) is 51.2 Å². The van der Waals surface area contributed by atoms with Crippen LogP contribution >= 0.6 is 12.6 Å². The molecule has 0 saturated carbocycles. The number of hydrogen-bond donors (Lipinski definition) is 8. The summed E-state index contributed by atoms with van der Waals surface area (Å²) in [6, 6.07) is -2.86. The first kappa shape index (κ1) is 27.5. The Hall–Kier alpha value is -2.54. The van der Waals surface area contributed by atoms with E-state index in [0.717, 1.165) is 0 Å². The number of hydrogen-bond acceptors (Lipinski definition) is 7. The summed E-state index contributed by atoms with van der Waals surface area (Å²) in [7, 11) is 0. The minimum Gasteiger partial charge on any atom is -0.480 e. The molecular weight excluding hydrogens is 414 g/mol. The third-order valence-electron chi connectivity index (χ3n) is 3.87. The van der Waals surface area contributed by atoms with Crippen LogP contribution in [0.4, 0.5) is 0 Å². The number of nitrogens with zero attached hydrogens (tertiary/aromatic N) is 1. The van der Waals surface area contributed by atoms with Crippen molar-refractivity contribution in [1.82, 2.24) is 16.0 Å². The third kappa shape index (κ3) is 12.1. The highest BCUT2D eigenvalue weighted by atomic mass is 32.1. The zero-order valence-corrected chi connectivity index (χ0v) is 18.2. The maximum absolute atomic E-state index is 12.7. The summed E-state index contributed by atoms with van der Waals surface area (Å²) in [5, 5.41) is 15.9. The van der Waals surface area contributed by atoms with E-state index in [1.807, 2.05) is 13.8 Å². The molecule has 0 aliphatic rings. The lowest BCUT2D eigenvalue weighted by atomic mass is 10.0. The fourth-order valence-corrected chi connectivity index (χ4v) is 2.68. The normalized spacial score (nSPS) is 13.6. The molecule has 0 rings (SSSR count). The van der Waals surface area contributed by atoms with Gasteiger partial charge in [-0.25, -0.2) is 0 Å². The summed E-state index contributed by atoms with van der Waals surface area (Å²) in [4.78, 5) is 51.5. The molecule has 0 aromatic carbocycles. The average molecular weight is 448 g/mol. The standard InChI is InChI=1S/C17H33N7O5S/c1-9(2)6-10(18)14(27)23-11(4-3-5-21-17(19)20)16(29)24-12(8-30)15(28)22-7-13(25)26/h9-12,30H,3-8,18H2,1-2H3,(H,22,28)(H,23,27)(H,24,29)(H,25,26)(H4,19,20,21). The van der Waals surface area contributed by atoms with Gasteiger partial charge in [0.15, 0.2) is 5.96 Å². The first-order valence-corrected chi connectivity index (χ1v) is 10.1. The SMILES string of the molecule is CC(C)CC(N)C(=O)NC(CCCN=C(N)N)C(=O)NC(CS)C(=O)NCC(=O)O. The highest BCUT2D eigenvalue weighted by molar-refractivity contribution is 7.80. The summed E-state index contributed by atoms with van der Waals surface area (Å²) >= 11 is 4.02. The largest absolute Gasteiger partial charge is 0.480 e. The first-order chi connectivity index (χ1) is 14.0. The Balaban J connectivity index is 5.13.